The fourth-order valence-electron chi connectivity index (χ4n) is 2.61. The van der Waals surface area contributed by atoms with E-state index in [1.165, 1.54) is 29.2 Å². The lowest BCUT2D eigenvalue weighted by Crippen LogP contribution is -2.37. The van der Waals surface area contributed by atoms with Gasteiger partial charge in [-0.1, -0.05) is 42.5 Å². The van der Waals surface area contributed by atoms with Crippen LogP contribution in [-0.2, 0) is 17.6 Å². The van der Waals surface area contributed by atoms with Gasteiger partial charge in [0.2, 0.25) is 0 Å². The van der Waals surface area contributed by atoms with Gasteiger partial charge in [0.05, 0.1) is 0 Å². The van der Waals surface area contributed by atoms with Crippen LogP contribution in [-0.4, -0.2) is 41.1 Å². The number of nitrogens with zero attached hydrogens (tertiary/aromatic N) is 1. The molecule has 7 heteroatoms. The van der Waals surface area contributed by atoms with E-state index >= 15 is 0 Å². The molecular formula is C20H20F3NO3. The monoisotopic (exact) mass is 379 g/mol. The number of amides is 1. The maximum atomic E-state index is 12.6. The zero-order valence-electron chi connectivity index (χ0n) is 14.6. The molecule has 0 saturated carbocycles. The van der Waals surface area contributed by atoms with Crippen molar-refractivity contribution in [1.82, 2.24) is 4.90 Å². The summed E-state index contributed by atoms with van der Waals surface area (Å²) < 4.78 is 36.9. The second kappa shape index (κ2) is 9.21. The molecule has 0 aromatic heterocycles. The summed E-state index contributed by atoms with van der Waals surface area (Å²) in [6.45, 7) is -0.216. The Morgan fingerprint density at radius 2 is 1.48 bits per heavy atom. The van der Waals surface area contributed by atoms with Crippen LogP contribution in [0.5, 0.6) is 0 Å². The van der Waals surface area contributed by atoms with E-state index in [1.807, 2.05) is 30.3 Å². The Morgan fingerprint density at radius 3 is 2.04 bits per heavy atom. The van der Waals surface area contributed by atoms with Crippen LogP contribution in [0.2, 0.25) is 0 Å². The van der Waals surface area contributed by atoms with Gasteiger partial charge in [-0.05, 0) is 36.1 Å². The Morgan fingerprint density at radius 1 is 0.889 bits per heavy atom. The van der Waals surface area contributed by atoms with E-state index in [4.69, 9.17) is 5.11 Å². The number of benzene rings is 2. The number of aliphatic carboxylic acids is 1. The standard InChI is InChI=1S/C20H20F3NO3/c21-20(22,23)12-10-16-6-8-17(9-7-16)19(27)24(14-18(25)26)13-11-15-4-2-1-3-5-15/h1-9H,10-14H2,(H,25,26). The Balaban J connectivity index is 2.04. The SMILES string of the molecule is O=C(O)CN(CCc1ccccc1)C(=O)c1ccc(CCC(F)(F)F)cc1. The average Bonchev–Trinajstić information content (AvgIpc) is 2.63. The van der Waals surface area contributed by atoms with Gasteiger partial charge in [-0.3, -0.25) is 9.59 Å². The quantitative estimate of drug-likeness (QED) is 0.756. The molecule has 0 aliphatic heterocycles. The molecule has 0 heterocycles. The third kappa shape index (κ3) is 7.13. The summed E-state index contributed by atoms with van der Waals surface area (Å²) in [5.74, 6) is -1.59. The van der Waals surface area contributed by atoms with E-state index in [-0.39, 0.29) is 18.5 Å². The Bertz CT molecular complexity index is 758. The minimum atomic E-state index is -4.23. The van der Waals surface area contributed by atoms with E-state index in [0.717, 1.165) is 5.56 Å². The van der Waals surface area contributed by atoms with Gasteiger partial charge >= 0.3 is 12.1 Å². The van der Waals surface area contributed by atoms with E-state index in [1.54, 1.807) is 0 Å². The van der Waals surface area contributed by atoms with Gasteiger partial charge in [0, 0.05) is 18.5 Å². The fourth-order valence-corrected chi connectivity index (χ4v) is 2.61. The van der Waals surface area contributed by atoms with Crippen molar-refractivity contribution in [3.8, 4) is 0 Å². The molecule has 4 nitrogen and oxygen atoms in total. The predicted molar refractivity (Wildman–Crippen MR) is 94.5 cm³/mol. The van der Waals surface area contributed by atoms with Crippen LogP contribution in [0, 0.1) is 0 Å². The van der Waals surface area contributed by atoms with Crippen molar-refractivity contribution in [2.75, 3.05) is 13.1 Å². The van der Waals surface area contributed by atoms with E-state index in [2.05, 4.69) is 0 Å². The van der Waals surface area contributed by atoms with Gasteiger partial charge in [-0.2, -0.15) is 13.2 Å². The van der Waals surface area contributed by atoms with Gasteiger partial charge < -0.3 is 10.0 Å². The number of halogens is 3. The summed E-state index contributed by atoms with van der Waals surface area (Å²) in [4.78, 5) is 24.9. The number of aryl methyl sites for hydroxylation is 1. The molecule has 2 aromatic rings. The van der Waals surface area contributed by atoms with Crippen molar-refractivity contribution in [3.05, 3.63) is 71.3 Å². The first kappa shape index (κ1) is 20.5. The number of carboxylic acids is 1. The van der Waals surface area contributed by atoms with Crippen LogP contribution >= 0.6 is 0 Å². The zero-order chi connectivity index (χ0) is 19.9. The first-order valence-corrected chi connectivity index (χ1v) is 8.45. The van der Waals surface area contributed by atoms with Gasteiger partial charge in [-0.15, -0.1) is 0 Å². The van der Waals surface area contributed by atoms with Crippen LogP contribution < -0.4 is 0 Å². The topological polar surface area (TPSA) is 57.6 Å². The highest BCUT2D eigenvalue weighted by Gasteiger charge is 2.26. The Kier molecular flexibility index (Phi) is 6.98. The maximum absolute atomic E-state index is 12.6. The van der Waals surface area contributed by atoms with Crippen molar-refractivity contribution in [2.45, 2.75) is 25.4 Å². The van der Waals surface area contributed by atoms with Crippen LogP contribution in [0.25, 0.3) is 0 Å². The van der Waals surface area contributed by atoms with Gasteiger partial charge in [0.1, 0.15) is 6.54 Å². The highest BCUT2D eigenvalue weighted by Crippen LogP contribution is 2.22. The van der Waals surface area contributed by atoms with Gasteiger partial charge in [0.15, 0.2) is 0 Å². The smallest absolute Gasteiger partial charge is 0.389 e. The molecule has 0 bridgehead atoms. The van der Waals surface area contributed by atoms with Gasteiger partial charge in [-0.25, -0.2) is 0 Å². The van der Waals surface area contributed by atoms with Crippen molar-refractivity contribution in [2.24, 2.45) is 0 Å². The molecule has 1 amide bonds. The average molecular weight is 379 g/mol. The van der Waals surface area contributed by atoms with Crippen molar-refractivity contribution in [3.63, 3.8) is 0 Å². The number of hydrogen-bond acceptors (Lipinski definition) is 2. The third-order valence-electron chi connectivity index (χ3n) is 4.02. The number of carbonyl (C=O) groups excluding carboxylic acids is 1. The maximum Gasteiger partial charge on any atom is 0.389 e. The number of hydrogen-bond donors (Lipinski definition) is 1. The van der Waals surface area contributed by atoms with Crippen molar-refractivity contribution >= 4 is 11.9 Å². The molecule has 0 saturated heterocycles. The fraction of sp³-hybridized carbons (Fsp3) is 0.300. The zero-order valence-corrected chi connectivity index (χ0v) is 14.6. The third-order valence-corrected chi connectivity index (χ3v) is 4.02. The van der Waals surface area contributed by atoms with Crippen LogP contribution in [0.4, 0.5) is 13.2 Å². The summed E-state index contributed by atoms with van der Waals surface area (Å²) in [5, 5.41) is 9.07. The Hall–Kier alpha value is -2.83. The molecule has 2 rings (SSSR count). The number of carboxylic acid groups (broad SMARTS) is 1. The molecule has 0 aliphatic rings. The molecular weight excluding hydrogens is 359 g/mol. The summed E-state index contributed by atoms with van der Waals surface area (Å²) in [5.41, 5.74) is 1.70. The molecule has 0 fully saturated rings. The van der Waals surface area contributed by atoms with E-state index < -0.39 is 31.0 Å². The highest BCUT2D eigenvalue weighted by atomic mass is 19.4. The summed E-state index contributed by atoms with van der Waals surface area (Å²) in [6, 6.07) is 15.2. The molecule has 0 spiro atoms. The van der Waals surface area contributed by atoms with E-state index in [0.29, 0.717) is 12.0 Å². The van der Waals surface area contributed by atoms with E-state index in [9.17, 15) is 22.8 Å². The first-order chi connectivity index (χ1) is 12.7. The lowest BCUT2D eigenvalue weighted by Gasteiger charge is -2.21. The highest BCUT2D eigenvalue weighted by molar-refractivity contribution is 5.95. The first-order valence-electron chi connectivity index (χ1n) is 8.45. The Labute approximate surface area is 155 Å². The van der Waals surface area contributed by atoms with Crippen LogP contribution in [0.1, 0.15) is 27.9 Å². The molecule has 144 valence electrons. The normalized spacial score (nSPS) is 11.2. The van der Waals surface area contributed by atoms with Crippen LogP contribution in [0.3, 0.4) is 0 Å². The van der Waals surface area contributed by atoms with Crippen molar-refractivity contribution < 1.29 is 27.9 Å². The van der Waals surface area contributed by atoms with Crippen molar-refractivity contribution in [1.29, 1.82) is 0 Å². The number of rotatable bonds is 8. The molecule has 27 heavy (non-hydrogen) atoms. The molecule has 2 aromatic carbocycles. The summed E-state index contributed by atoms with van der Waals surface area (Å²) in [7, 11) is 0. The predicted octanol–water partition coefficient (Wildman–Crippen LogP) is 3.95. The molecule has 0 aliphatic carbocycles. The minimum absolute atomic E-state index is 0.162. The van der Waals surface area contributed by atoms with Crippen LogP contribution in [0.15, 0.2) is 54.6 Å². The second-order valence-corrected chi connectivity index (χ2v) is 6.17. The number of carbonyl (C=O) groups is 2. The molecule has 0 radical (unpaired) electrons. The number of alkyl halides is 3. The molecule has 0 atom stereocenters. The largest absolute Gasteiger partial charge is 0.480 e. The summed E-state index contributed by atoms with van der Waals surface area (Å²) in [6.07, 6.45) is -4.82. The second-order valence-electron chi connectivity index (χ2n) is 6.17. The summed E-state index contributed by atoms with van der Waals surface area (Å²) >= 11 is 0. The molecule has 0 unspecified atom stereocenters. The minimum Gasteiger partial charge on any atom is -0.480 e. The lowest BCUT2D eigenvalue weighted by atomic mass is 10.1. The molecule has 1 N–H and O–H groups in total. The van der Waals surface area contributed by atoms with Gasteiger partial charge in [0.25, 0.3) is 5.91 Å². The lowest BCUT2D eigenvalue weighted by molar-refractivity contribution is -0.137.